The van der Waals surface area contributed by atoms with Gasteiger partial charge in [0, 0.05) is 30.7 Å². The van der Waals surface area contributed by atoms with Gasteiger partial charge in [-0.05, 0) is 30.3 Å². The topological polar surface area (TPSA) is 68.3 Å². The van der Waals surface area contributed by atoms with Crippen molar-refractivity contribution in [3.63, 3.8) is 0 Å². The first-order chi connectivity index (χ1) is 14.5. The predicted octanol–water partition coefficient (Wildman–Crippen LogP) is 2.99. The lowest BCUT2D eigenvalue weighted by Crippen LogP contribution is -2.55. The van der Waals surface area contributed by atoms with Crippen molar-refractivity contribution in [2.75, 3.05) is 39.4 Å². The number of fused-ring (bicyclic) bond motifs is 1. The van der Waals surface area contributed by atoms with Crippen LogP contribution in [0, 0.1) is 0 Å². The number of halogens is 2. The summed E-state index contributed by atoms with van der Waals surface area (Å²) < 4.78 is 17.8. The van der Waals surface area contributed by atoms with E-state index in [1.54, 1.807) is 34.1 Å². The number of para-hydroxylation sites is 2. The molecular formula is C21H20BrClN2O5. The van der Waals surface area contributed by atoms with Crippen molar-refractivity contribution >= 4 is 39.3 Å². The third-order valence-corrected chi connectivity index (χ3v) is 5.76. The van der Waals surface area contributed by atoms with Crippen LogP contribution in [0.3, 0.4) is 0 Å². The van der Waals surface area contributed by atoms with E-state index in [0.29, 0.717) is 48.5 Å². The molecule has 4 rings (SSSR count). The van der Waals surface area contributed by atoms with Crippen molar-refractivity contribution in [2.45, 2.75) is 6.10 Å². The van der Waals surface area contributed by atoms with E-state index >= 15 is 0 Å². The highest BCUT2D eigenvalue weighted by molar-refractivity contribution is 9.10. The van der Waals surface area contributed by atoms with Crippen LogP contribution in [-0.4, -0.2) is 67.1 Å². The zero-order chi connectivity index (χ0) is 21.1. The Morgan fingerprint density at radius 2 is 1.77 bits per heavy atom. The van der Waals surface area contributed by atoms with E-state index < -0.39 is 6.10 Å². The smallest absolute Gasteiger partial charge is 0.267 e. The minimum atomic E-state index is -0.676. The van der Waals surface area contributed by atoms with Crippen molar-refractivity contribution < 1.29 is 23.8 Å². The van der Waals surface area contributed by atoms with Crippen LogP contribution in [0.2, 0.25) is 5.02 Å². The number of benzene rings is 2. The fourth-order valence-corrected chi connectivity index (χ4v) is 4.07. The van der Waals surface area contributed by atoms with Gasteiger partial charge in [0.2, 0.25) is 6.10 Å². The maximum atomic E-state index is 12.8. The fraction of sp³-hybridized carbons (Fsp3) is 0.333. The molecule has 2 amide bonds. The van der Waals surface area contributed by atoms with E-state index in [4.69, 9.17) is 25.8 Å². The lowest BCUT2D eigenvalue weighted by atomic mass is 10.2. The molecule has 9 heteroatoms. The van der Waals surface area contributed by atoms with E-state index in [0.717, 1.165) is 4.47 Å². The molecule has 2 aromatic carbocycles. The molecule has 2 aliphatic rings. The van der Waals surface area contributed by atoms with Crippen LogP contribution in [0.1, 0.15) is 0 Å². The molecule has 2 aliphatic heterocycles. The number of amides is 2. The number of ether oxygens (including phenoxy) is 3. The molecule has 0 N–H and O–H groups in total. The molecule has 2 heterocycles. The van der Waals surface area contributed by atoms with Gasteiger partial charge in [-0.1, -0.05) is 39.7 Å². The van der Waals surface area contributed by atoms with E-state index in [1.807, 2.05) is 18.2 Å². The normalized spacial score (nSPS) is 18.1. The van der Waals surface area contributed by atoms with Gasteiger partial charge < -0.3 is 24.0 Å². The Bertz CT molecular complexity index is 949. The van der Waals surface area contributed by atoms with E-state index in [2.05, 4.69) is 15.9 Å². The Hall–Kier alpha value is -2.45. The third kappa shape index (κ3) is 4.65. The van der Waals surface area contributed by atoms with E-state index in [9.17, 15) is 9.59 Å². The molecule has 30 heavy (non-hydrogen) atoms. The summed E-state index contributed by atoms with van der Waals surface area (Å²) in [7, 11) is 0. The zero-order valence-corrected chi connectivity index (χ0v) is 18.4. The molecule has 0 bridgehead atoms. The Morgan fingerprint density at radius 3 is 2.50 bits per heavy atom. The standard InChI is InChI=1S/C21H20BrClN2O5/c22-14-5-6-16(15(23)11-14)29-13-20(26)24-7-9-25(10-8-24)21(27)19-12-28-17-3-1-2-4-18(17)30-19/h1-6,11,19H,7-10,12-13H2. The lowest BCUT2D eigenvalue weighted by molar-refractivity contribution is -0.146. The second-order valence-electron chi connectivity index (χ2n) is 6.93. The van der Waals surface area contributed by atoms with Gasteiger partial charge in [-0.15, -0.1) is 0 Å². The summed E-state index contributed by atoms with van der Waals surface area (Å²) in [4.78, 5) is 28.6. The maximum absolute atomic E-state index is 12.8. The number of hydrogen-bond acceptors (Lipinski definition) is 5. The number of hydrogen-bond donors (Lipinski definition) is 0. The van der Waals surface area contributed by atoms with E-state index in [-0.39, 0.29) is 25.0 Å². The van der Waals surface area contributed by atoms with Gasteiger partial charge in [-0.3, -0.25) is 9.59 Å². The summed E-state index contributed by atoms with van der Waals surface area (Å²) in [6, 6.07) is 12.5. The lowest BCUT2D eigenvalue weighted by Gasteiger charge is -2.37. The van der Waals surface area contributed by atoms with Crippen LogP contribution in [-0.2, 0) is 9.59 Å². The Labute approximate surface area is 187 Å². The first-order valence-corrected chi connectivity index (χ1v) is 10.7. The second kappa shape index (κ2) is 9.14. The molecule has 7 nitrogen and oxygen atoms in total. The van der Waals surface area contributed by atoms with Crippen LogP contribution in [0.4, 0.5) is 0 Å². The molecule has 0 radical (unpaired) electrons. The molecular weight excluding hydrogens is 476 g/mol. The van der Waals surface area contributed by atoms with Crippen molar-refractivity contribution in [1.82, 2.24) is 9.80 Å². The zero-order valence-electron chi connectivity index (χ0n) is 16.1. The van der Waals surface area contributed by atoms with Gasteiger partial charge in [-0.2, -0.15) is 0 Å². The van der Waals surface area contributed by atoms with Crippen molar-refractivity contribution in [3.05, 3.63) is 52.0 Å². The van der Waals surface area contributed by atoms with Crippen LogP contribution < -0.4 is 14.2 Å². The largest absolute Gasteiger partial charge is 0.485 e. The highest BCUT2D eigenvalue weighted by atomic mass is 79.9. The predicted molar refractivity (Wildman–Crippen MR) is 114 cm³/mol. The SMILES string of the molecule is O=C(COc1ccc(Br)cc1Cl)N1CCN(C(=O)C2COc3ccccc3O2)CC1. The summed E-state index contributed by atoms with van der Waals surface area (Å²) in [6.07, 6.45) is -0.676. The highest BCUT2D eigenvalue weighted by Crippen LogP contribution is 2.31. The fourth-order valence-electron chi connectivity index (χ4n) is 3.34. The highest BCUT2D eigenvalue weighted by Gasteiger charge is 2.33. The van der Waals surface area contributed by atoms with Gasteiger partial charge in [0.25, 0.3) is 11.8 Å². The van der Waals surface area contributed by atoms with Gasteiger partial charge in [0.1, 0.15) is 12.4 Å². The van der Waals surface area contributed by atoms with Crippen molar-refractivity contribution in [2.24, 2.45) is 0 Å². The Kier molecular flexibility index (Phi) is 6.34. The average molecular weight is 496 g/mol. The van der Waals surface area contributed by atoms with Crippen molar-refractivity contribution in [3.8, 4) is 17.2 Å². The molecule has 158 valence electrons. The molecule has 0 saturated carbocycles. The first kappa shape index (κ1) is 20.8. The summed E-state index contributed by atoms with van der Waals surface area (Å²) >= 11 is 9.44. The monoisotopic (exact) mass is 494 g/mol. The Balaban J connectivity index is 1.26. The summed E-state index contributed by atoms with van der Waals surface area (Å²) in [5, 5.41) is 0.434. The second-order valence-corrected chi connectivity index (χ2v) is 8.26. The number of piperazine rings is 1. The maximum Gasteiger partial charge on any atom is 0.267 e. The van der Waals surface area contributed by atoms with Gasteiger partial charge in [0.15, 0.2) is 18.1 Å². The van der Waals surface area contributed by atoms with E-state index in [1.165, 1.54) is 0 Å². The molecule has 0 aromatic heterocycles. The van der Waals surface area contributed by atoms with Gasteiger partial charge in [-0.25, -0.2) is 0 Å². The molecule has 1 unspecified atom stereocenters. The summed E-state index contributed by atoms with van der Waals surface area (Å²) in [6.45, 7) is 1.82. The molecule has 0 spiro atoms. The van der Waals surface area contributed by atoms with Crippen LogP contribution in [0.15, 0.2) is 46.9 Å². The molecule has 2 aromatic rings. The minimum absolute atomic E-state index is 0.105. The summed E-state index contributed by atoms with van der Waals surface area (Å²) in [5.74, 6) is 1.39. The average Bonchev–Trinajstić information content (AvgIpc) is 2.77. The van der Waals surface area contributed by atoms with Crippen LogP contribution >= 0.6 is 27.5 Å². The minimum Gasteiger partial charge on any atom is -0.485 e. The van der Waals surface area contributed by atoms with Crippen molar-refractivity contribution in [1.29, 1.82) is 0 Å². The molecule has 1 fully saturated rings. The molecule has 1 saturated heterocycles. The Morgan fingerprint density at radius 1 is 1.07 bits per heavy atom. The molecule has 0 aliphatic carbocycles. The van der Waals surface area contributed by atoms with Gasteiger partial charge >= 0.3 is 0 Å². The number of rotatable bonds is 4. The number of carbonyl (C=O) groups is 2. The third-order valence-electron chi connectivity index (χ3n) is 4.97. The van der Waals surface area contributed by atoms with Gasteiger partial charge in [0.05, 0.1) is 5.02 Å². The number of nitrogens with zero attached hydrogens (tertiary/aromatic N) is 2. The first-order valence-electron chi connectivity index (χ1n) is 9.54. The molecule has 1 atom stereocenters. The van der Waals surface area contributed by atoms with Crippen LogP contribution in [0.25, 0.3) is 0 Å². The quantitative estimate of drug-likeness (QED) is 0.652. The summed E-state index contributed by atoms with van der Waals surface area (Å²) in [5.41, 5.74) is 0. The van der Waals surface area contributed by atoms with Crippen LogP contribution in [0.5, 0.6) is 17.2 Å². The number of carbonyl (C=O) groups excluding carboxylic acids is 2.